The SMILES string of the molecule is C=CCCOC(=O)/C(=C(\C)C=C)[C@H](c1ccc(C#N)cc1C)c1cc(C)ccc1O. The zero-order valence-corrected chi connectivity index (χ0v) is 17.7. The van der Waals surface area contributed by atoms with Gasteiger partial charge in [0.1, 0.15) is 5.75 Å². The van der Waals surface area contributed by atoms with Gasteiger partial charge in [-0.05, 0) is 62.1 Å². The summed E-state index contributed by atoms with van der Waals surface area (Å²) in [4.78, 5) is 13.1. The van der Waals surface area contributed by atoms with Crippen LogP contribution in [0.2, 0.25) is 0 Å². The summed E-state index contributed by atoms with van der Waals surface area (Å²) >= 11 is 0. The number of hydrogen-bond donors (Lipinski definition) is 1. The summed E-state index contributed by atoms with van der Waals surface area (Å²) in [6.45, 7) is 13.3. The normalized spacial score (nSPS) is 12.3. The summed E-state index contributed by atoms with van der Waals surface area (Å²) in [5, 5.41) is 19.9. The molecule has 30 heavy (non-hydrogen) atoms. The van der Waals surface area contributed by atoms with Crippen molar-refractivity contribution in [1.29, 1.82) is 5.26 Å². The minimum atomic E-state index is -0.577. The summed E-state index contributed by atoms with van der Waals surface area (Å²) in [5.41, 5.74) is 4.80. The Morgan fingerprint density at radius 2 is 1.93 bits per heavy atom. The molecule has 2 aromatic rings. The Morgan fingerprint density at radius 1 is 1.20 bits per heavy atom. The Labute approximate surface area is 178 Å². The number of ether oxygens (including phenoxy) is 1. The molecule has 0 amide bonds. The van der Waals surface area contributed by atoms with E-state index in [-0.39, 0.29) is 12.4 Å². The van der Waals surface area contributed by atoms with E-state index < -0.39 is 11.9 Å². The third kappa shape index (κ3) is 5.07. The topological polar surface area (TPSA) is 70.3 Å². The summed E-state index contributed by atoms with van der Waals surface area (Å²) in [6.07, 6.45) is 3.84. The highest BCUT2D eigenvalue weighted by Gasteiger charge is 2.30. The molecule has 2 rings (SSSR count). The lowest BCUT2D eigenvalue weighted by Crippen LogP contribution is -2.19. The van der Waals surface area contributed by atoms with Gasteiger partial charge in [-0.25, -0.2) is 4.79 Å². The van der Waals surface area contributed by atoms with Crippen LogP contribution >= 0.6 is 0 Å². The van der Waals surface area contributed by atoms with E-state index in [1.807, 2.05) is 32.0 Å². The van der Waals surface area contributed by atoms with E-state index in [4.69, 9.17) is 4.74 Å². The number of aromatic hydroxyl groups is 1. The van der Waals surface area contributed by atoms with Crippen molar-refractivity contribution in [3.05, 3.63) is 101 Å². The Morgan fingerprint density at radius 3 is 2.53 bits per heavy atom. The molecule has 0 spiro atoms. The van der Waals surface area contributed by atoms with Crippen LogP contribution in [0.1, 0.15) is 47.1 Å². The number of benzene rings is 2. The van der Waals surface area contributed by atoms with Crippen LogP contribution in [0.25, 0.3) is 0 Å². The third-order valence-corrected chi connectivity index (χ3v) is 5.00. The lowest BCUT2D eigenvalue weighted by molar-refractivity contribution is -0.139. The second-order valence-corrected chi connectivity index (χ2v) is 7.19. The fourth-order valence-corrected chi connectivity index (χ4v) is 3.38. The van der Waals surface area contributed by atoms with Gasteiger partial charge >= 0.3 is 5.97 Å². The van der Waals surface area contributed by atoms with Crippen molar-refractivity contribution in [3.8, 4) is 11.8 Å². The van der Waals surface area contributed by atoms with Crippen LogP contribution in [0.5, 0.6) is 5.75 Å². The minimum Gasteiger partial charge on any atom is -0.508 e. The van der Waals surface area contributed by atoms with E-state index in [0.717, 1.165) is 16.7 Å². The number of esters is 1. The molecule has 1 atom stereocenters. The average Bonchev–Trinajstić information content (AvgIpc) is 2.73. The average molecular weight is 402 g/mol. The lowest BCUT2D eigenvalue weighted by Gasteiger charge is -2.25. The number of phenolic OH excluding ortho intramolecular Hbond substituents is 1. The highest BCUT2D eigenvalue weighted by atomic mass is 16.5. The number of allylic oxidation sites excluding steroid dienone is 2. The molecule has 0 aliphatic carbocycles. The van der Waals surface area contributed by atoms with Crippen LogP contribution in [0.15, 0.2) is 72.9 Å². The van der Waals surface area contributed by atoms with Crippen LogP contribution < -0.4 is 0 Å². The van der Waals surface area contributed by atoms with Crippen molar-refractivity contribution < 1.29 is 14.6 Å². The maximum atomic E-state index is 13.1. The molecule has 0 bridgehead atoms. The van der Waals surface area contributed by atoms with Gasteiger partial charge in [0, 0.05) is 11.5 Å². The van der Waals surface area contributed by atoms with Crippen molar-refractivity contribution >= 4 is 5.97 Å². The van der Waals surface area contributed by atoms with Crippen molar-refractivity contribution in [2.45, 2.75) is 33.1 Å². The molecule has 0 radical (unpaired) electrons. The van der Waals surface area contributed by atoms with Gasteiger partial charge < -0.3 is 9.84 Å². The molecule has 4 heteroatoms. The standard InChI is InChI=1S/C26H27NO3/c1-6-8-13-30-26(29)24(18(4)7-2)25(22-14-17(3)9-12-23(22)28)21-11-10-20(16-27)15-19(21)5/h6-7,9-12,14-15,25,28H,1-2,8,13H2,3-5H3/b24-18+/t25-/m1/s1. The predicted octanol–water partition coefficient (Wildman–Crippen LogP) is 5.63. The fraction of sp³-hybridized carbons (Fsp3) is 0.231. The van der Waals surface area contributed by atoms with Crippen LogP contribution in [-0.2, 0) is 9.53 Å². The quantitative estimate of drug-likeness (QED) is 0.204. The molecule has 0 aliphatic heterocycles. The molecule has 0 heterocycles. The molecule has 4 nitrogen and oxygen atoms in total. The van der Waals surface area contributed by atoms with E-state index in [0.29, 0.717) is 28.7 Å². The van der Waals surface area contributed by atoms with Crippen LogP contribution in [0, 0.1) is 25.2 Å². The molecule has 0 aromatic heterocycles. The Kier molecular flexibility index (Phi) is 7.77. The molecular weight excluding hydrogens is 374 g/mol. The monoisotopic (exact) mass is 401 g/mol. The molecule has 1 N–H and O–H groups in total. The number of phenols is 1. The Hall–Kier alpha value is -3.58. The van der Waals surface area contributed by atoms with Gasteiger partial charge in [-0.1, -0.05) is 42.5 Å². The number of rotatable bonds is 8. The Bertz CT molecular complexity index is 1040. The summed E-state index contributed by atoms with van der Waals surface area (Å²) in [6, 6.07) is 12.8. The number of nitrogens with zero attached hydrogens (tertiary/aromatic N) is 1. The molecule has 0 saturated heterocycles. The molecule has 2 aromatic carbocycles. The minimum absolute atomic E-state index is 0.0858. The maximum Gasteiger partial charge on any atom is 0.335 e. The van der Waals surface area contributed by atoms with Crippen molar-refractivity contribution in [2.24, 2.45) is 0 Å². The van der Waals surface area contributed by atoms with Crippen LogP contribution in [-0.4, -0.2) is 17.7 Å². The van der Waals surface area contributed by atoms with E-state index in [1.54, 1.807) is 37.3 Å². The van der Waals surface area contributed by atoms with Gasteiger partial charge in [0.05, 0.1) is 23.8 Å². The first-order valence-corrected chi connectivity index (χ1v) is 9.75. The number of carbonyl (C=O) groups excluding carboxylic acids is 1. The largest absolute Gasteiger partial charge is 0.508 e. The van der Waals surface area contributed by atoms with E-state index in [1.165, 1.54) is 0 Å². The molecule has 0 aliphatic rings. The molecule has 0 unspecified atom stereocenters. The van der Waals surface area contributed by atoms with Gasteiger partial charge in [-0.2, -0.15) is 5.26 Å². The van der Waals surface area contributed by atoms with Gasteiger partial charge in [-0.15, -0.1) is 6.58 Å². The van der Waals surface area contributed by atoms with Gasteiger partial charge in [0.2, 0.25) is 0 Å². The first-order chi connectivity index (χ1) is 14.3. The highest BCUT2D eigenvalue weighted by Crippen LogP contribution is 2.40. The van der Waals surface area contributed by atoms with Gasteiger partial charge in [0.25, 0.3) is 0 Å². The number of nitriles is 1. The third-order valence-electron chi connectivity index (χ3n) is 5.00. The zero-order valence-electron chi connectivity index (χ0n) is 17.7. The van der Waals surface area contributed by atoms with Crippen molar-refractivity contribution in [3.63, 3.8) is 0 Å². The van der Waals surface area contributed by atoms with Crippen molar-refractivity contribution in [1.82, 2.24) is 0 Å². The zero-order chi connectivity index (χ0) is 22.3. The Balaban J connectivity index is 2.77. The molecule has 0 saturated carbocycles. The van der Waals surface area contributed by atoms with E-state index >= 15 is 0 Å². The second-order valence-electron chi connectivity index (χ2n) is 7.19. The second kappa shape index (κ2) is 10.3. The molecule has 0 fully saturated rings. The maximum absolute atomic E-state index is 13.1. The highest BCUT2D eigenvalue weighted by molar-refractivity contribution is 5.93. The van der Waals surface area contributed by atoms with Gasteiger partial charge in [-0.3, -0.25) is 0 Å². The fourth-order valence-electron chi connectivity index (χ4n) is 3.38. The van der Waals surface area contributed by atoms with Crippen LogP contribution in [0.4, 0.5) is 0 Å². The first-order valence-electron chi connectivity index (χ1n) is 9.75. The smallest absolute Gasteiger partial charge is 0.335 e. The van der Waals surface area contributed by atoms with Crippen LogP contribution in [0.3, 0.4) is 0 Å². The summed E-state index contributed by atoms with van der Waals surface area (Å²) < 4.78 is 5.50. The number of carbonyl (C=O) groups is 1. The number of aryl methyl sites for hydroxylation is 2. The van der Waals surface area contributed by atoms with E-state index in [9.17, 15) is 15.2 Å². The van der Waals surface area contributed by atoms with Gasteiger partial charge in [0.15, 0.2) is 0 Å². The van der Waals surface area contributed by atoms with Crippen molar-refractivity contribution in [2.75, 3.05) is 6.61 Å². The summed E-state index contributed by atoms with van der Waals surface area (Å²) in [7, 11) is 0. The molecule has 154 valence electrons. The number of hydrogen-bond acceptors (Lipinski definition) is 4. The summed E-state index contributed by atoms with van der Waals surface area (Å²) in [5.74, 6) is -0.960. The van der Waals surface area contributed by atoms with E-state index in [2.05, 4.69) is 19.2 Å². The lowest BCUT2D eigenvalue weighted by atomic mass is 9.79. The molecular formula is C26H27NO3. The predicted molar refractivity (Wildman–Crippen MR) is 119 cm³/mol. The first kappa shape index (κ1) is 22.7.